The van der Waals surface area contributed by atoms with Crippen LogP contribution in [0.1, 0.15) is 52.4 Å². The van der Waals surface area contributed by atoms with Gasteiger partial charge in [-0.2, -0.15) is 0 Å². The summed E-state index contributed by atoms with van der Waals surface area (Å²) in [5, 5.41) is 5.58. The third-order valence-corrected chi connectivity index (χ3v) is 3.63. The number of urea groups is 1. The highest BCUT2D eigenvalue weighted by molar-refractivity contribution is 6.03. The van der Waals surface area contributed by atoms with Crippen LogP contribution in [0.5, 0.6) is 0 Å². The second-order valence-corrected chi connectivity index (χ2v) is 5.59. The van der Waals surface area contributed by atoms with Gasteiger partial charge in [0.2, 0.25) is 11.8 Å². The van der Waals surface area contributed by atoms with Gasteiger partial charge in [-0.25, -0.2) is 4.79 Å². The van der Waals surface area contributed by atoms with E-state index < -0.39 is 0 Å². The van der Waals surface area contributed by atoms with Crippen LogP contribution >= 0.6 is 0 Å². The van der Waals surface area contributed by atoms with Crippen molar-refractivity contribution in [1.82, 2.24) is 15.5 Å². The van der Waals surface area contributed by atoms with Crippen molar-refractivity contribution in [2.24, 2.45) is 5.92 Å². The van der Waals surface area contributed by atoms with E-state index in [1.165, 1.54) is 4.90 Å². The average molecular weight is 297 g/mol. The smallest absolute Gasteiger partial charge is 0.314 e. The molecule has 0 aromatic rings. The maximum absolute atomic E-state index is 11.7. The number of imide groups is 1. The lowest BCUT2D eigenvalue weighted by Gasteiger charge is -2.14. The van der Waals surface area contributed by atoms with Crippen LogP contribution in [0.25, 0.3) is 0 Å². The molecule has 0 aromatic heterocycles. The van der Waals surface area contributed by atoms with Crippen LogP contribution in [-0.2, 0) is 9.59 Å². The molecule has 1 atom stereocenters. The lowest BCUT2D eigenvalue weighted by Crippen LogP contribution is -2.37. The number of nitrogens with zero attached hydrogens (tertiary/aromatic N) is 1. The summed E-state index contributed by atoms with van der Waals surface area (Å²) in [6.45, 7) is 5.63. The molecule has 1 unspecified atom stereocenters. The monoisotopic (exact) mass is 297 g/mol. The number of amides is 4. The first-order valence-corrected chi connectivity index (χ1v) is 7.92. The number of rotatable bonds is 9. The Balaban J connectivity index is 2.03. The van der Waals surface area contributed by atoms with E-state index in [9.17, 15) is 14.4 Å². The summed E-state index contributed by atoms with van der Waals surface area (Å²) in [5.74, 6) is -0.319. The zero-order valence-electron chi connectivity index (χ0n) is 13.1. The second-order valence-electron chi connectivity index (χ2n) is 5.59. The van der Waals surface area contributed by atoms with Crippen LogP contribution < -0.4 is 10.6 Å². The van der Waals surface area contributed by atoms with Crippen LogP contribution in [0.4, 0.5) is 4.79 Å². The molecular formula is C15H27N3O3. The summed E-state index contributed by atoms with van der Waals surface area (Å²) in [6.07, 6.45) is 5.07. The summed E-state index contributed by atoms with van der Waals surface area (Å²) in [5.41, 5.74) is 0. The maximum Gasteiger partial charge on any atom is 0.314 e. The summed E-state index contributed by atoms with van der Waals surface area (Å²) in [7, 11) is 0. The quantitative estimate of drug-likeness (QED) is 0.502. The molecule has 0 aromatic carbocycles. The highest BCUT2D eigenvalue weighted by Crippen LogP contribution is 2.18. The van der Waals surface area contributed by atoms with Crippen LogP contribution in [0.2, 0.25) is 0 Å². The zero-order valence-corrected chi connectivity index (χ0v) is 13.1. The van der Waals surface area contributed by atoms with Crippen LogP contribution in [0.15, 0.2) is 0 Å². The molecule has 1 heterocycles. The molecule has 21 heavy (non-hydrogen) atoms. The van der Waals surface area contributed by atoms with E-state index in [1.54, 1.807) is 6.92 Å². The number of hydrogen-bond donors (Lipinski definition) is 2. The summed E-state index contributed by atoms with van der Waals surface area (Å²) in [6, 6.07) is -0.145. The topological polar surface area (TPSA) is 78.5 Å². The molecule has 0 aliphatic carbocycles. The SMILES string of the molecule is CCCCCNC(=O)NCCCCN1C(=O)CC(C)C1=O. The summed E-state index contributed by atoms with van der Waals surface area (Å²) in [4.78, 5) is 36.0. The minimum Gasteiger partial charge on any atom is -0.338 e. The Morgan fingerprint density at radius 3 is 2.29 bits per heavy atom. The average Bonchev–Trinajstić information content (AvgIpc) is 2.69. The Labute approximate surface area is 126 Å². The van der Waals surface area contributed by atoms with Gasteiger partial charge in [0.1, 0.15) is 0 Å². The molecule has 6 heteroatoms. The Hall–Kier alpha value is -1.59. The van der Waals surface area contributed by atoms with Gasteiger partial charge in [0.15, 0.2) is 0 Å². The minimum absolute atomic E-state index is 0.0679. The van der Waals surface area contributed by atoms with Crippen LogP contribution in [-0.4, -0.2) is 42.4 Å². The van der Waals surface area contributed by atoms with Gasteiger partial charge in [0, 0.05) is 32.0 Å². The molecule has 0 radical (unpaired) electrons. The second kappa shape index (κ2) is 9.37. The molecule has 6 nitrogen and oxygen atoms in total. The third-order valence-electron chi connectivity index (χ3n) is 3.63. The molecule has 1 fully saturated rings. The first-order valence-electron chi connectivity index (χ1n) is 7.92. The maximum atomic E-state index is 11.7. The van der Waals surface area contributed by atoms with Gasteiger partial charge in [0.25, 0.3) is 0 Å². The number of unbranched alkanes of at least 4 members (excludes halogenated alkanes) is 3. The highest BCUT2D eigenvalue weighted by Gasteiger charge is 2.34. The normalized spacial score (nSPS) is 18.2. The largest absolute Gasteiger partial charge is 0.338 e. The predicted molar refractivity (Wildman–Crippen MR) is 80.7 cm³/mol. The zero-order chi connectivity index (χ0) is 15.7. The Bertz CT molecular complexity index is 371. The van der Waals surface area contributed by atoms with Crippen molar-refractivity contribution in [2.45, 2.75) is 52.4 Å². The predicted octanol–water partition coefficient (Wildman–Crippen LogP) is 1.65. The van der Waals surface area contributed by atoms with Gasteiger partial charge < -0.3 is 10.6 Å². The number of nitrogens with one attached hydrogen (secondary N) is 2. The third kappa shape index (κ3) is 6.14. The van der Waals surface area contributed by atoms with Gasteiger partial charge in [-0.05, 0) is 19.3 Å². The van der Waals surface area contributed by atoms with E-state index >= 15 is 0 Å². The van der Waals surface area contributed by atoms with Crippen molar-refractivity contribution in [3.63, 3.8) is 0 Å². The molecule has 0 saturated carbocycles. The lowest BCUT2D eigenvalue weighted by molar-refractivity contribution is -0.139. The Morgan fingerprint density at radius 1 is 1.14 bits per heavy atom. The van der Waals surface area contributed by atoms with Crippen molar-refractivity contribution < 1.29 is 14.4 Å². The summed E-state index contributed by atoms with van der Waals surface area (Å²) < 4.78 is 0. The first kappa shape index (κ1) is 17.5. The fourth-order valence-corrected chi connectivity index (χ4v) is 2.32. The van der Waals surface area contributed by atoms with E-state index in [0.29, 0.717) is 26.1 Å². The van der Waals surface area contributed by atoms with Gasteiger partial charge >= 0.3 is 6.03 Å². The Morgan fingerprint density at radius 2 is 1.76 bits per heavy atom. The molecule has 4 amide bonds. The van der Waals surface area contributed by atoms with E-state index in [2.05, 4.69) is 17.6 Å². The molecule has 1 aliphatic heterocycles. The van der Waals surface area contributed by atoms with E-state index in [4.69, 9.17) is 0 Å². The summed E-state index contributed by atoms with van der Waals surface area (Å²) >= 11 is 0. The molecule has 2 N–H and O–H groups in total. The van der Waals surface area contributed by atoms with Crippen molar-refractivity contribution in [2.75, 3.05) is 19.6 Å². The van der Waals surface area contributed by atoms with Gasteiger partial charge in [-0.15, -0.1) is 0 Å². The highest BCUT2D eigenvalue weighted by atomic mass is 16.2. The standard InChI is InChI=1S/C15H27N3O3/c1-3-4-5-8-16-15(21)17-9-6-7-10-18-13(19)11-12(2)14(18)20/h12H,3-11H2,1-2H3,(H2,16,17,21). The van der Waals surface area contributed by atoms with Crippen molar-refractivity contribution in [1.29, 1.82) is 0 Å². The Kier molecular flexibility index (Phi) is 7.79. The number of carbonyl (C=O) groups excluding carboxylic acids is 3. The van der Waals surface area contributed by atoms with Gasteiger partial charge in [-0.3, -0.25) is 14.5 Å². The van der Waals surface area contributed by atoms with Gasteiger partial charge in [-0.1, -0.05) is 26.7 Å². The van der Waals surface area contributed by atoms with E-state index in [1.807, 2.05) is 0 Å². The number of hydrogen-bond acceptors (Lipinski definition) is 3. The molecule has 0 bridgehead atoms. The molecule has 1 rings (SSSR count). The lowest BCUT2D eigenvalue weighted by atomic mass is 10.1. The van der Waals surface area contributed by atoms with Crippen LogP contribution in [0, 0.1) is 5.92 Å². The first-order chi connectivity index (χ1) is 10.1. The van der Waals surface area contributed by atoms with E-state index in [-0.39, 0.29) is 23.8 Å². The fraction of sp³-hybridized carbons (Fsp3) is 0.800. The van der Waals surface area contributed by atoms with Crippen LogP contribution in [0.3, 0.4) is 0 Å². The number of likely N-dealkylation sites (tertiary alicyclic amines) is 1. The number of carbonyl (C=O) groups is 3. The minimum atomic E-state index is -0.176. The van der Waals surface area contributed by atoms with E-state index in [0.717, 1.165) is 32.1 Å². The van der Waals surface area contributed by atoms with Crippen molar-refractivity contribution >= 4 is 17.8 Å². The molecular weight excluding hydrogens is 270 g/mol. The molecule has 1 aliphatic rings. The molecule has 0 spiro atoms. The van der Waals surface area contributed by atoms with Crippen molar-refractivity contribution in [3.8, 4) is 0 Å². The van der Waals surface area contributed by atoms with Crippen molar-refractivity contribution in [3.05, 3.63) is 0 Å². The molecule has 1 saturated heterocycles. The fourth-order valence-electron chi connectivity index (χ4n) is 2.32. The van der Waals surface area contributed by atoms with Gasteiger partial charge in [0.05, 0.1) is 0 Å². The molecule has 120 valence electrons.